The number of urea groups is 1. The van der Waals surface area contributed by atoms with Crippen LogP contribution in [0.25, 0.3) is 0 Å². The summed E-state index contributed by atoms with van der Waals surface area (Å²) in [6.07, 6.45) is 0. The van der Waals surface area contributed by atoms with Crippen LogP contribution in [-0.4, -0.2) is 57.5 Å². The van der Waals surface area contributed by atoms with Crippen molar-refractivity contribution >= 4 is 17.7 Å². The second kappa shape index (κ2) is 4.18. The van der Waals surface area contributed by atoms with Crippen molar-refractivity contribution < 1.29 is 15.0 Å². The first-order chi connectivity index (χ1) is 10.3. The monoisotopic (exact) mass is 304 g/mol. The fourth-order valence-electron chi connectivity index (χ4n) is 3.07. The van der Waals surface area contributed by atoms with Gasteiger partial charge in [-0.25, -0.2) is 4.79 Å². The average Bonchev–Trinajstić information content (AvgIpc) is 2.77. The van der Waals surface area contributed by atoms with Gasteiger partial charge in [-0.3, -0.25) is 9.80 Å². The Morgan fingerprint density at radius 2 is 1.73 bits per heavy atom. The summed E-state index contributed by atoms with van der Waals surface area (Å²) in [5.41, 5.74) is 7.29. The first kappa shape index (κ1) is 14.3. The molecule has 0 radical (unpaired) electrons. The first-order valence-electron chi connectivity index (χ1n) is 6.49. The molecule has 0 bridgehead atoms. The van der Waals surface area contributed by atoms with Gasteiger partial charge >= 0.3 is 6.03 Å². The Labute approximate surface area is 126 Å². The fourth-order valence-corrected chi connectivity index (χ4v) is 3.07. The van der Waals surface area contributed by atoms with Crippen molar-refractivity contribution in [2.75, 3.05) is 14.1 Å². The Bertz CT molecular complexity index is 728. The Balaban J connectivity index is 2.36. The van der Waals surface area contributed by atoms with Crippen molar-refractivity contribution in [3.05, 3.63) is 35.4 Å². The Kier molecular flexibility index (Phi) is 2.72. The van der Waals surface area contributed by atoms with Crippen LogP contribution in [0.15, 0.2) is 34.5 Å². The molecule has 0 unspecified atom stereocenters. The Morgan fingerprint density at radius 3 is 2.36 bits per heavy atom. The van der Waals surface area contributed by atoms with Gasteiger partial charge < -0.3 is 21.7 Å². The zero-order valence-electron chi connectivity index (χ0n) is 12.1. The highest BCUT2D eigenvalue weighted by Crippen LogP contribution is 2.52. The predicted molar refractivity (Wildman–Crippen MR) is 78.6 cm³/mol. The van der Waals surface area contributed by atoms with Crippen LogP contribution in [0.1, 0.15) is 11.1 Å². The summed E-state index contributed by atoms with van der Waals surface area (Å²) in [5, 5.41) is 29.7. The highest BCUT2D eigenvalue weighted by atomic mass is 16.4. The number of amides is 2. The van der Waals surface area contributed by atoms with E-state index in [-0.39, 0.29) is 11.7 Å². The third-order valence-corrected chi connectivity index (χ3v) is 4.18. The van der Waals surface area contributed by atoms with E-state index in [2.05, 4.69) is 10.2 Å². The van der Waals surface area contributed by atoms with E-state index < -0.39 is 17.5 Å². The molecule has 2 aliphatic rings. The number of likely N-dealkylation sites (N-methyl/N-ethyl adjacent to an activating group) is 2. The number of nitrogens with zero attached hydrogens (tertiary/aromatic N) is 4. The van der Waals surface area contributed by atoms with Gasteiger partial charge in [-0.15, -0.1) is 10.2 Å². The molecule has 1 heterocycles. The predicted octanol–water partition coefficient (Wildman–Crippen LogP) is -1.49. The van der Waals surface area contributed by atoms with Gasteiger partial charge in [0.05, 0.1) is 0 Å². The van der Waals surface area contributed by atoms with Gasteiger partial charge in [-0.1, -0.05) is 24.3 Å². The number of fused-ring (bicyclic) bond motifs is 3. The molecule has 2 amide bonds. The highest BCUT2D eigenvalue weighted by Gasteiger charge is 2.72. The van der Waals surface area contributed by atoms with Gasteiger partial charge in [0.25, 0.3) is 0 Å². The van der Waals surface area contributed by atoms with Crippen molar-refractivity contribution in [1.29, 1.82) is 0 Å². The summed E-state index contributed by atoms with van der Waals surface area (Å²) in [6, 6.07) is 6.13. The third-order valence-electron chi connectivity index (χ3n) is 4.18. The largest absolute Gasteiger partial charge is 0.369 e. The van der Waals surface area contributed by atoms with E-state index in [9.17, 15) is 15.0 Å². The van der Waals surface area contributed by atoms with Gasteiger partial charge in [-0.05, 0) is 0 Å². The maximum Gasteiger partial charge on any atom is 0.324 e. The number of carbonyl (C=O) groups is 1. The van der Waals surface area contributed by atoms with Crippen molar-refractivity contribution in [1.82, 2.24) is 9.80 Å². The van der Waals surface area contributed by atoms with Gasteiger partial charge in [-0.2, -0.15) is 0 Å². The van der Waals surface area contributed by atoms with Gasteiger partial charge in [0.15, 0.2) is 0 Å². The van der Waals surface area contributed by atoms with Crippen molar-refractivity contribution in [2.24, 2.45) is 21.7 Å². The number of aliphatic hydroxyl groups is 2. The van der Waals surface area contributed by atoms with Crippen molar-refractivity contribution in [2.45, 2.75) is 11.4 Å². The molecule has 0 spiro atoms. The van der Waals surface area contributed by atoms with Crippen LogP contribution in [-0.2, 0) is 5.72 Å². The molecule has 0 saturated carbocycles. The van der Waals surface area contributed by atoms with E-state index in [1.807, 2.05) is 0 Å². The third kappa shape index (κ3) is 1.36. The molecule has 2 atom stereocenters. The lowest BCUT2D eigenvalue weighted by atomic mass is 9.99. The summed E-state index contributed by atoms with van der Waals surface area (Å²) >= 11 is 0. The molecule has 1 aromatic rings. The second-order valence-corrected chi connectivity index (χ2v) is 5.26. The SMILES string of the molecule is CN1C(=O)N(C)[C@@]2(O)c3ccccc3/C(=N/N=C(N)N)[C@]12O. The minimum atomic E-state index is -2.10. The molecule has 9 heteroatoms. The molecular formula is C13H16N6O3. The highest BCUT2D eigenvalue weighted by molar-refractivity contribution is 6.14. The lowest BCUT2D eigenvalue weighted by Gasteiger charge is -2.35. The van der Waals surface area contributed by atoms with Crippen LogP contribution in [0.4, 0.5) is 4.79 Å². The summed E-state index contributed by atoms with van der Waals surface area (Å²) < 4.78 is 0. The van der Waals surface area contributed by atoms with Gasteiger partial charge in [0.1, 0.15) is 5.71 Å². The van der Waals surface area contributed by atoms with E-state index in [0.29, 0.717) is 11.1 Å². The Hall–Kier alpha value is -2.65. The van der Waals surface area contributed by atoms with E-state index in [1.54, 1.807) is 24.3 Å². The van der Waals surface area contributed by atoms with Crippen LogP contribution in [0.3, 0.4) is 0 Å². The zero-order valence-corrected chi connectivity index (χ0v) is 12.1. The maximum absolute atomic E-state index is 12.2. The molecular weight excluding hydrogens is 288 g/mol. The summed E-state index contributed by atoms with van der Waals surface area (Å²) in [5.74, 6) is -0.302. The lowest BCUT2D eigenvalue weighted by molar-refractivity contribution is -0.184. The van der Waals surface area contributed by atoms with Gasteiger partial charge in [0.2, 0.25) is 17.4 Å². The van der Waals surface area contributed by atoms with Gasteiger partial charge in [0, 0.05) is 25.2 Å². The van der Waals surface area contributed by atoms with Crippen LogP contribution < -0.4 is 11.5 Å². The molecule has 116 valence electrons. The summed E-state index contributed by atoms with van der Waals surface area (Å²) in [7, 11) is 2.77. The summed E-state index contributed by atoms with van der Waals surface area (Å²) in [6.45, 7) is 0. The van der Waals surface area contributed by atoms with E-state index in [1.165, 1.54) is 14.1 Å². The smallest absolute Gasteiger partial charge is 0.324 e. The number of guanidine groups is 1. The summed E-state index contributed by atoms with van der Waals surface area (Å²) in [4.78, 5) is 14.3. The van der Waals surface area contributed by atoms with Crippen molar-refractivity contribution in [3.8, 4) is 0 Å². The standard InChI is InChI=1S/C13H16N6O3/c1-18-11(20)19(2)13(22)9(16-17-10(14)15)7-5-3-4-6-8(7)12(13,18)21/h3-6,21-22H,1-2H3,(H4,14,15,17)/b16-9-/t12-,13-/m1/s1. The topological polar surface area (TPSA) is 141 Å². The van der Waals surface area contributed by atoms with Crippen LogP contribution >= 0.6 is 0 Å². The average molecular weight is 304 g/mol. The minimum absolute atomic E-state index is 0.000741. The molecule has 1 aliphatic heterocycles. The molecule has 1 saturated heterocycles. The normalized spacial score (nSPS) is 31.5. The molecule has 22 heavy (non-hydrogen) atoms. The number of benzene rings is 1. The molecule has 1 aromatic carbocycles. The molecule has 1 fully saturated rings. The Morgan fingerprint density at radius 1 is 1.14 bits per heavy atom. The molecule has 0 aromatic heterocycles. The maximum atomic E-state index is 12.2. The van der Waals surface area contributed by atoms with Crippen LogP contribution in [0, 0.1) is 0 Å². The van der Waals surface area contributed by atoms with E-state index >= 15 is 0 Å². The molecule has 3 rings (SSSR count). The molecule has 6 N–H and O–H groups in total. The quantitative estimate of drug-likeness (QED) is 0.284. The van der Waals surface area contributed by atoms with E-state index in [0.717, 1.165) is 9.80 Å². The fraction of sp³-hybridized carbons (Fsp3) is 0.308. The number of hydrogen-bond donors (Lipinski definition) is 4. The van der Waals surface area contributed by atoms with Crippen LogP contribution in [0.5, 0.6) is 0 Å². The van der Waals surface area contributed by atoms with Crippen molar-refractivity contribution in [3.63, 3.8) is 0 Å². The molecule has 9 nitrogen and oxygen atoms in total. The number of hydrogen-bond acceptors (Lipinski definition) is 5. The lowest BCUT2D eigenvalue weighted by Crippen LogP contribution is -2.59. The van der Waals surface area contributed by atoms with E-state index in [4.69, 9.17) is 11.5 Å². The number of rotatable bonds is 1. The number of nitrogens with two attached hydrogens (primary N) is 2. The number of carbonyl (C=O) groups excluding carboxylic acids is 1. The first-order valence-corrected chi connectivity index (χ1v) is 6.49. The minimum Gasteiger partial charge on any atom is -0.369 e. The molecule has 1 aliphatic carbocycles. The second-order valence-electron chi connectivity index (χ2n) is 5.26. The van der Waals surface area contributed by atoms with Crippen LogP contribution in [0.2, 0.25) is 0 Å². The zero-order chi connectivity index (χ0) is 16.3.